The number of rotatable bonds is 4. The minimum absolute atomic E-state index is 0.0814. The van der Waals surface area contributed by atoms with Crippen LogP contribution in [0.25, 0.3) is 11.1 Å². The van der Waals surface area contributed by atoms with Crippen LogP contribution in [-0.4, -0.2) is 48.7 Å². The molecule has 0 spiro atoms. The smallest absolute Gasteiger partial charge is 0.409 e. The molecule has 5 heteroatoms. The summed E-state index contributed by atoms with van der Waals surface area (Å²) in [6.07, 6.45) is 5.46. The topological polar surface area (TPSA) is 32.8 Å². The first-order valence-electron chi connectivity index (χ1n) is 12.1. The van der Waals surface area contributed by atoms with Crippen molar-refractivity contribution < 1.29 is 9.53 Å². The van der Waals surface area contributed by atoms with Gasteiger partial charge in [0.15, 0.2) is 0 Å². The highest BCUT2D eigenvalue weighted by molar-refractivity contribution is 7.80. The Kier molecular flexibility index (Phi) is 6.60. The molecule has 0 radical (unpaired) electrons. The Balaban J connectivity index is 1.19. The number of hydrogen-bond acceptors (Lipinski definition) is 4. The zero-order chi connectivity index (χ0) is 24.5. The summed E-state index contributed by atoms with van der Waals surface area (Å²) in [6, 6.07) is 18.9. The summed E-state index contributed by atoms with van der Waals surface area (Å²) in [6.45, 7) is 8.16. The van der Waals surface area contributed by atoms with Crippen LogP contribution in [0.4, 0.5) is 4.79 Å². The molecule has 0 unspecified atom stereocenters. The van der Waals surface area contributed by atoms with Gasteiger partial charge in [0.25, 0.3) is 0 Å². The molecule has 1 fully saturated rings. The fraction of sp³-hybridized carbons (Fsp3) is 0.300. The number of nitrogens with zero attached hydrogens (tertiary/aromatic N) is 2. The summed E-state index contributed by atoms with van der Waals surface area (Å²) in [5.41, 5.74) is 9.25. The van der Waals surface area contributed by atoms with E-state index in [9.17, 15) is 4.79 Å². The number of ether oxygens (including phenoxy) is 1. The molecule has 178 valence electrons. The number of thiol groups is 1. The molecule has 1 amide bonds. The molecule has 2 aliphatic rings. The summed E-state index contributed by atoms with van der Waals surface area (Å²) in [5, 5.41) is 0. The van der Waals surface area contributed by atoms with E-state index in [1.807, 2.05) is 11.8 Å². The van der Waals surface area contributed by atoms with Crippen molar-refractivity contribution in [3.05, 3.63) is 88.0 Å². The minimum Gasteiger partial charge on any atom is -0.448 e. The van der Waals surface area contributed by atoms with Crippen LogP contribution in [-0.2, 0) is 11.3 Å². The maximum atomic E-state index is 12.9. The van der Waals surface area contributed by atoms with Gasteiger partial charge in [-0.25, -0.2) is 4.79 Å². The van der Waals surface area contributed by atoms with Crippen molar-refractivity contribution in [2.75, 3.05) is 32.8 Å². The lowest BCUT2D eigenvalue weighted by atomic mass is 9.98. The molecule has 1 saturated heterocycles. The third-order valence-corrected chi connectivity index (χ3v) is 8.10. The van der Waals surface area contributed by atoms with Crippen LogP contribution < -0.4 is 0 Å². The molecule has 0 saturated carbocycles. The van der Waals surface area contributed by atoms with Gasteiger partial charge in [0.05, 0.1) is 0 Å². The second-order valence-electron chi connectivity index (χ2n) is 9.39. The first-order valence-corrected chi connectivity index (χ1v) is 12.5. The molecule has 35 heavy (non-hydrogen) atoms. The number of amides is 1. The average molecular weight is 483 g/mol. The van der Waals surface area contributed by atoms with E-state index in [0.717, 1.165) is 35.7 Å². The van der Waals surface area contributed by atoms with Crippen molar-refractivity contribution in [1.82, 2.24) is 9.80 Å². The Morgan fingerprint density at radius 2 is 1.60 bits per heavy atom. The molecule has 0 aromatic heterocycles. The molecule has 1 aliphatic carbocycles. The van der Waals surface area contributed by atoms with Crippen LogP contribution >= 0.6 is 12.6 Å². The Bertz CT molecular complexity index is 1270. The summed E-state index contributed by atoms with van der Waals surface area (Å²) < 4.78 is 5.85. The highest BCUT2D eigenvalue weighted by Crippen LogP contribution is 2.44. The van der Waals surface area contributed by atoms with Gasteiger partial charge < -0.3 is 9.64 Å². The number of carbonyl (C=O) groups excluding carboxylic acids is 1. The van der Waals surface area contributed by atoms with Gasteiger partial charge in [-0.1, -0.05) is 54.5 Å². The molecule has 0 bridgehead atoms. The SMILES string of the molecule is C#Cc1cc(CN2CCN(C(=O)OCC3c4ccccc4-c4ccccc43)CC2)c(C)c(S)c1C. The fourth-order valence-electron chi connectivity index (χ4n) is 5.28. The molecule has 1 heterocycles. The number of fused-ring (bicyclic) bond motifs is 3. The molecule has 5 rings (SSSR count). The third-order valence-electron chi connectivity index (χ3n) is 7.43. The lowest BCUT2D eigenvalue weighted by Crippen LogP contribution is -2.48. The van der Waals surface area contributed by atoms with Gasteiger partial charge in [0.1, 0.15) is 6.61 Å². The van der Waals surface area contributed by atoms with Gasteiger partial charge in [0, 0.05) is 49.1 Å². The van der Waals surface area contributed by atoms with Gasteiger partial charge in [-0.3, -0.25) is 4.90 Å². The van der Waals surface area contributed by atoms with Crippen molar-refractivity contribution in [3.8, 4) is 23.5 Å². The van der Waals surface area contributed by atoms with Crippen LogP contribution in [0, 0.1) is 26.2 Å². The standard InChI is InChI=1S/C30H30N2O2S/c1-4-22-17-23(21(3)29(35)20(22)2)18-31-13-15-32(16-14-31)30(33)34-19-28-26-11-7-5-9-24(26)25-10-6-8-12-27(25)28/h1,5-12,17,28,35H,13-16,18-19H2,2-3H3. The first-order chi connectivity index (χ1) is 17.0. The van der Waals surface area contributed by atoms with Crippen molar-refractivity contribution in [1.29, 1.82) is 0 Å². The van der Waals surface area contributed by atoms with Crippen LogP contribution in [0.2, 0.25) is 0 Å². The molecule has 3 aromatic carbocycles. The van der Waals surface area contributed by atoms with Crippen LogP contribution in [0.15, 0.2) is 59.5 Å². The maximum absolute atomic E-state index is 12.9. The van der Waals surface area contributed by atoms with Crippen LogP contribution in [0.1, 0.15) is 39.3 Å². The van der Waals surface area contributed by atoms with Crippen molar-refractivity contribution >= 4 is 18.7 Å². The Morgan fingerprint density at radius 1 is 1.00 bits per heavy atom. The zero-order valence-corrected chi connectivity index (χ0v) is 21.1. The van der Waals surface area contributed by atoms with Crippen molar-refractivity contribution in [2.24, 2.45) is 0 Å². The average Bonchev–Trinajstić information content (AvgIpc) is 3.21. The Labute approximate surface area is 213 Å². The number of terminal acetylenes is 1. The number of hydrogen-bond donors (Lipinski definition) is 1. The number of piperazine rings is 1. The maximum Gasteiger partial charge on any atom is 0.409 e. The van der Waals surface area contributed by atoms with Gasteiger partial charge in [-0.2, -0.15) is 0 Å². The minimum atomic E-state index is -0.231. The number of carbonyl (C=O) groups is 1. The van der Waals surface area contributed by atoms with E-state index in [1.165, 1.54) is 33.4 Å². The van der Waals surface area contributed by atoms with Gasteiger partial charge in [-0.05, 0) is 58.9 Å². The van der Waals surface area contributed by atoms with Crippen LogP contribution in [0.3, 0.4) is 0 Å². The number of benzene rings is 3. The highest BCUT2D eigenvalue weighted by Gasteiger charge is 2.30. The molecule has 3 aromatic rings. The van der Waals surface area contributed by atoms with E-state index in [0.29, 0.717) is 19.7 Å². The van der Waals surface area contributed by atoms with Gasteiger partial charge >= 0.3 is 6.09 Å². The molecule has 0 atom stereocenters. The normalized spacial score (nSPS) is 15.4. The lowest BCUT2D eigenvalue weighted by Gasteiger charge is -2.34. The van der Waals surface area contributed by atoms with Crippen LogP contribution in [0.5, 0.6) is 0 Å². The molecular formula is C30H30N2O2S. The van der Waals surface area contributed by atoms with E-state index in [1.54, 1.807) is 0 Å². The Hall–Kier alpha value is -3.20. The predicted octanol–water partition coefficient (Wildman–Crippen LogP) is 5.64. The lowest BCUT2D eigenvalue weighted by molar-refractivity contribution is 0.0728. The summed E-state index contributed by atoms with van der Waals surface area (Å²) >= 11 is 4.68. The van der Waals surface area contributed by atoms with E-state index in [4.69, 9.17) is 11.2 Å². The fourth-order valence-corrected chi connectivity index (χ4v) is 5.54. The first kappa shape index (κ1) is 23.5. The Morgan fingerprint density at radius 3 is 2.20 bits per heavy atom. The summed E-state index contributed by atoms with van der Waals surface area (Å²) in [4.78, 5) is 18.1. The van der Waals surface area contributed by atoms with Crippen molar-refractivity contribution in [2.45, 2.75) is 31.2 Å². The molecule has 4 nitrogen and oxygen atoms in total. The van der Waals surface area contributed by atoms with E-state index in [2.05, 4.69) is 85.0 Å². The van der Waals surface area contributed by atoms with E-state index < -0.39 is 0 Å². The zero-order valence-electron chi connectivity index (χ0n) is 20.3. The second kappa shape index (κ2) is 9.81. The summed E-state index contributed by atoms with van der Waals surface area (Å²) in [7, 11) is 0. The predicted molar refractivity (Wildman–Crippen MR) is 143 cm³/mol. The van der Waals surface area contributed by atoms with Gasteiger partial charge in [-0.15, -0.1) is 19.1 Å². The third kappa shape index (κ3) is 4.45. The van der Waals surface area contributed by atoms with Gasteiger partial charge in [0.2, 0.25) is 0 Å². The molecule has 1 aliphatic heterocycles. The van der Waals surface area contributed by atoms with E-state index >= 15 is 0 Å². The quantitative estimate of drug-likeness (QED) is 0.386. The summed E-state index contributed by atoms with van der Waals surface area (Å²) in [5.74, 6) is 2.86. The van der Waals surface area contributed by atoms with Crippen molar-refractivity contribution in [3.63, 3.8) is 0 Å². The highest BCUT2D eigenvalue weighted by atomic mass is 32.1. The largest absolute Gasteiger partial charge is 0.448 e. The molecular weight excluding hydrogens is 452 g/mol. The monoisotopic (exact) mass is 482 g/mol. The second-order valence-corrected chi connectivity index (χ2v) is 9.84. The van der Waals surface area contributed by atoms with E-state index in [-0.39, 0.29) is 12.0 Å². The molecule has 0 N–H and O–H groups in total.